The van der Waals surface area contributed by atoms with Gasteiger partial charge in [-0.25, -0.2) is 4.79 Å². The van der Waals surface area contributed by atoms with Gasteiger partial charge < -0.3 is 20.1 Å². The third-order valence-electron chi connectivity index (χ3n) is 3.40. The molecule has 2 fully saturated rings. The smallest absolute Gasteiger partial charge is 0.407 e. The monoisotopic (exact) mass is 256 g/mol. The lowest BCUT2D eigenvalue weighted by Crippen LogP contribution is -2.47. The number of carbonyl (C=O) groups excluding carboxylic acids is 1. The van der Waals surface area contributed by atoms with Crippen LogP contribution < -0.4 is 10.6 Å². The Morgan fingerprint density at radius 1 is 1.50 bits per heavy atom. The summed E-state index contributed by atoms with van der Waals surface area (Å²) >= 11 is 0. The van der Waals surface area contributed by atoms with Crippen molar-refractivity contribution in [1.29, 1.82) is 0 Å². The van der Waals surface area contributed by atoms with E-state index in [0.29, 0.717) is 0 Å². The predicted molar refractivity (Wildman–Crippen MR) is 68.6 cm³/mol. The molecule has 5 heteroatoms. The SMILES string of the molecule is CC(C)(C)OC(=O)NC1CNC2(CCCOC2)C1. The Hall–Kier alpha value is -0.810. The van der Waals surface area contributed by atoms with Crippen molar-refractivity contribution in [2.75, 3.05) is 19.8 Å². The molecule has 2 N–H and O–H groups in total. The van der Waals surface area contributed by atoms with E-state index < -0.39 is 5.60 Å². The van der Waals surface area contributed by atoms with E-state index in [9.17, 15) is 4.79 Å². The first-order valence-electron chi connectivity index (χ1n) is 6.71. The van der Waals surface area contributed by atoms with Gasteiger partial charge in [0.2, 0.25) is 0 Å². The number of ether oxygens (including phenoxy) is 2. The van der Waals surface area contributed by atoms with E-state index in [1.807, 2.05) is 20.8 Å². The fourth-order valence-electron chi connectivity index (χ4n) is 2.68. The van der Waals surface area contributed by atoms with Gasteiger partial charge in [0.25, 0.3) is 0 Å². The van der Waals surface area contributed by atoms with E-state index in [4.69, 9.17) is 9.47 Å². The number of hydrogen-bond acceptors (Lipinski definition) is 4. The lowest BCUT2D eigenvalue weighted by atomic mass is 9.90. The second-order valence-electron chi connectivity index (χ2n) is 6.36. The van der Waals surface area contributed by atoms with Crippen molar-refractivity contribution in [2.24, 2.45) is 0 Å². The van der Waals surface area contributed by atoms with Gasteiger partial charge in [-0.15, -0.1) is 0 Å². The molecule has 5 nitrogen and oxygen atoms in total. The molecule has 104 valence electrons. The largest absolute Gasteiger partial charge is 0.444 e. The van der Waals surface area contributed by atoms with Crippen LogP contribution in [0.4, 0.5) is 4.79 Å². The Labute approximate surface area is 109 Å². The number of carbonyl (C=O) groups is 1. The molecule has 0 aliphatic carbocycles. The number of nitrogens with one attached hydrogen (secondary N) is 2. The lowest BCUT2D eigenvalue weighted by Gasteiger charge is -2.33. The van der Waals surface area contributed by atoms with Crippen molar-refractivity contribution in [3.63, 3.8) is 0 Å². The summed E-state index contributed by atoms with van der Waals surface area (Å²) < 4.78 is 10.8. The van der Waals surface area contributed by atoms with Crippen LogP contribution in [0.3, 0.4) is 0 Å². The van der Waals surface area contributed by atoms with Crippen molar-refractivity contribution in [3.05, 3.63) is 0 Å². The molecule has 0 saturated carbocycles. The first-order valence-corrected chi connectivity index (χ1v) is 6.71. The first-order chi connectivity index (χ1) is 8.39. The van der Waals surface area contributed by atoms with Crippen LogP contribution in [0.25, 0.3) is 0 Å². The van der Waals surface area contributed by atoms with Gasteiger partial charge >= 0.3 is 6.09 Å². The molecule has 2 aliphatic rings. The summed E-state index contributed by atoms with van der Waals surface area (Å²) in [6.07, 6.45) is 2.81. The fourth-order valence-corrected chi connectivity index (χ4v) is 2.68. The molecular formula is C13H24N2O3. The molecule has 1 amide bonds. The van der Waals surface area contributed by atoms with Gasteiger partial charge in [0.15, 0.2) is 0 Å². The number of amides is 1. The molecule has 0 radical (unpaired) electrons. The highest BCUT2D eigenvalue weighted by Gasteiger charge is 2.41. The van der Waals surface area contributed by atoms with E-state index in [0.717, 1.165) is 39.0 Å². The summed E-state index contributed by atoms with van der Waals surface area (Å²) in [7, 11) is 0. The molecule has 0 aromatic rings. The zero-order valence-electron chi connectivity index (χ0n) is 11.5. The van der Waals surface area contributed by atoms with Crippen molar-refractivity contribution >= 4 is 6.09 Å². The highest BCUT2D eigenvalue weighted by atomic mass is 16.6. The summed E-state index contributed by atoms with van der Waals surface area (Å²) in [5.41, 5.74) is -0.375. The Bertz CT molecular complexity index is 306. The van der Waals surface area contributed by atoms with E-state index in [1.54, 1.807) is 0 Å². The molecule has 1 spiro atoms. The molecule has 18 heavy (non-hydrogen) atoms. The van der Waals surface area contributed by atoms with Crippen LogP contribution in [0.1, 0.15) is 40.0 Å². The van der Waals surface area contributed by atoms with Gasteiger partial charge in [-0.1, -0.05) is 0 Å². The number of hydrogen-bond donors (Lipinski definition) is 2. The summed E-state index contributed by atoms with van der Waals surface area (Å²) in [6, 6.07) is 0.140. The van der Waals surface area contributed by atoms with Crippen LogP contribution in [-0.4, -0.2) is 43.0 Å². The van der Waals surface area contributed by atoms with E-state index in [2.05, 4.69) is 10.6 Å². The Kier molecular flexibility index (Phi) is 3.82. The van der Waals surface area contributed by atoms with Crippen LogP contribution >= 0.6 is 0 Å². The van der Waals surface area contributed by atoms with Crippen LogP contribution in [0.5, 0.6) is 0 Å². The molecule has 2 rings (SSSR count). The van der Waals surface area contributed by atoms with E-state index >= 15 is 0 Å². The first kappa shape index (κ1) is 13.6. The second-order valence-corrected chi connectivity index (χ2v) is 6.36. The van der Waals surface area contributed by atoms with Crippen LogP contribution in [0.2, 0.25) is 0 Å². The van der Waals surface area contributed by atoms with E-state index in [-0.39, 0.29) is 17.7 Å². The molecule has 2 heterocycles. The Morgan fingerprint density at radius 2 is 2.28 bits per heavy atom. The number of alkyl carbamates (subject to hydrolysis) is 1. The molecule has 2 aliphatic heterocycles. The molecule has 2 atom stereocenters. The van der Waals surface area contributed by atoms with Gasteiger partial charge in [-0.05, 0) is 40.0 Å². The average Bonchev–Trinajstić information content (AvgIpc) is 2.59. The van der Waals surface area contributed by atoms with Crippen LogP contribution in [0, 0.1) is 0 Å². The van der Waals surface area contributed by atoms with E-state index in [1.165, 1.54) is 0 Å². The molecule has 0 aromatic carbocycles. The zero-order chi connectivity index (χ0) is 13.2. The zero-order valence-corrected chi connectivity index (χ0v) is 11.5. The van der Waals surface area contributed by atoms with Crippen LogP contribution in [0.15, 0.2) is 0 Å². The van der Waals surface area contributed by atoms with Gasteiger partial charge in [0, 0.05) is 24.7 Å². The van der Waals surface area contributed by atoms with Gasteiger partial charge in [-0.2, -0.15) is 0 Å². The Balaban J connectivity index is 1.80. The molecule has 2 saturated heterocycles. The normalized spacial score (nSPS) is 32.5. The minimum Gasteiger partial charge on any atom is -0.444 e. The number of rotatable bonds is 1. The van der Waals surface area contributed by atoms with Gasteiger partial charge in [0.1, 0.15) is 5.60 Å². The molecular weight excluding hydrogens is 232 g/mol. The minimum absolute atomic E-state index is 0.0674. The quantitative estimate of drug-likeness (QED) is 0.745. The van der Waals surface area contributed by atoms with Crippen molar-refractivity contribution < 1.29 is 14.3 Å². The Morgan fingerprint density at radius 3 is 2.89 bits per heavy atom. The summed E-state index contributed by atoms with van der Waals surface area (Å²) in [5, 5.41) is 6.42. The maximum atomic E-state index is 11.7. The average molecular weight is 256 g/mol. The summed E-state index contributed by atoms with van der Waals surface area (Å²) in [6.45, 7) is 8.01. The predicted octanol–water partition coefficient (Wildman–Crippen LogP) is 1.42. The van der Waals surface area contributed by atoms with Crippen LogP contribution in [-0.2, 0) is 9.47 Å². The second kappa shape index (κ2) is 5.05. The van der Waals surface area contributed by atoms with Crippen molar-refractivity contribution in [3.8, 4) is 0 Å². The molecule has 0 bridgehead atoms. The highest BCUT2D eigenvalue weighted by Crippen LogP contribution is 2.28. The third-order valence-corrected chi connectivity index (χ3v) is 3.40. The topological polar surface area (TPSA) is 59.6 Å². The maximum Gasteiger partial charge on any atom is 0.407 e. The van der Waals surface area contributed by atoms with Crippen molar-refractivity contribution in [2.45, 2.75) is 57.2 Å². The fraction of sp³-hybridized carbons (Fsp3) is 0.923. The minimum atomic E-state index is -0.443. The standard InChI is InChI=1S/C13H24N2O3/c1-12(2,3)18-11(16)15-10-7-13(14-8-10)5-4-6-17-9-13/h10,14H,4-9H2,1-3H3,(H,15,16). The van der Waals surface area contributed by atoms with Crippen molar-refractivity contribution in [1.82, 2.24) is 10.6 Å². The van der Waals surface area contributed by atoms with Gasteiger partial charge in [0.05, 0.1) is 6.61 Å². The molecule has 2 unspecified atom stereocenters. The van der Waals surface area contributed by atoms with Gasteiger partial charge in [-0.3, -0.25) is 0 Å². The molecule has 0 aromatic heterocycles. The lowest BCUT2D eigenvalue weighted by molar-refractivity contribution is 0.0272. The maximum absolute atomic E-state index is 11.7. The highest BCUT2D eigenvalue weighted by molar-refractivity contribution is 5.68. The summed E-state index contributed by atoms with van der Waals surface area (Å²) in [4.78, 5) is 11.7. The summed E-state index contributed by atoms with van der Waals surface area (Å²) in [5.74, 6) is 0. The third kappa shape index (κ3) is 3.59.